The van der Waals surface area contributed by atoms with Crippen molar-refractivity contribution < 1.29 is 4.74 Å². The Kier molecular flexibility index (Phi) is 9.39. The van der Waals surface area contributed by atoms with Crippen molar-refractivity contribution in [2.75, 3.05) is 26.3 Å². The van der Waals surface area contributed by atoms with Crippen LogP contribution >= 0.6 is 0 Å². The Morgan fingerprint density at radius 1 is 1.11 bits per heavy atom. The highest BCUT2D eigenvalue weighted by Crippen LogP contribution is 1.98. The van der Waals surface area contributed by atoms with Gasteiger partial charge in [-0.3, -0.25) is 4.98 Å². The molecule has 0 saturated carbocycles. The maximum atomic E-state index is 5.60. The summed E-state index contributed by atoms with van der Waals surface area (Å²) in [6.45, 7) is 6.14. The summed E-state index contributed by atoms with van der Waals surface area (Å²) < 4.78 is 5.60. The number of pyridine rings is 1. The summed E-state index contributed by atoms with van der Waals surface area (Å²) in [5, 5.41) is 3.41. The van der Waals surface area contributed by atoms with Crippen LogP contribution in [0.5, 0.6) is 0 Å². The molecule has 3 nitrogen and oxygen atoms in total. The molecule has 0 atom stereocenters. The molecule has 1 N–H and O–H groups in total. The van der Waals surface area contributed by atoms with Crippen molar-refractivity contribution in [3.05, 3.63) is 30.1 Å². The minimum atomic E-state index is 0.783. The lowest BCUT2D eigenvalue weighted by molar-refractivity contribution is 0.132. The molecule has 0 saturated heterocycles. The Labute approximate surface area is 111 Å². The number of hydrogen-bond acceptors (Lipinski definition) is 3. The molecule has 0 radical (unpaired) electrons. The van der Waals surface area contributed by atoms with Crippen molar-refractivity contribution >= 4 is 0 Å². The minimum absolute atomic E-state index is 0.783. The summed E-state index contributed by atoms with van der Waals surface area (Å²) in [6, 6.07) is 6.01. The van der Waals surface area contributed by atoms with Crippen LogP contribution in [0.1, 0.15) is 38.3 Å². The molecule has 0 aliphatic rings. The van der Waals surface area contributed by atoms with Gasteiger partial charge in [0.05, 0.1) is 6.61 Å². The number of unbranched alkanes of at least 4 members (excludes halogenated alkanes) is 2. The lowest BCUT2D eigenvalue weighted by Gasteiger charge is -2.05. The maximum absolute atomic E-state index is 5.60. The van der Waals surface area contributed by atoms with Crippen LogP contribution in [0.25, 0.3) is 0 Å². The van der Waals surface area contributed by atoms with Crippen LogP contribution in [0.4, 0.5) is 0 Å². The minimum Gasteiger partial charge on any atom is -0.381 e. The quantitative estimate of drug-likeness (QED) is 0.613. The summed E-state index contributed by atoms with van der Waals surface area (Å²) in [5.74, 6) is 0. The maximum Gasteiger partial charge on any atom is 0.0521 e. The van der Waals surface area contributed by atoms with Gasteiger partial charge in [0.25, 0.3) is 0 Å². The molecule has 0 aromatic carbocycles. The summed E-state index contributed by atoms with van der Waals surface area (Å²) in [4.78, 5) is 4.27. The topological polar surface area (TPSA) is 34.1 Å². The number of aromatic nitrogens is 1. The zero-order valence-electron chi connectivity index (χ0n) is 11.5. The number of rotatable bonds is 11. The fourth-order valence-electron chi connectivity index (χ4n) is 1.76. The van der Waals surface area contributed by atoms with Gasteiger partial charge in [-0.25, -0.2) is 0 Å². The molecule has 3 heteroatoms. The predicted molar refractivity (Wildman–Crippen MR) is 75.8 cm³/mol. The zero-order chi connectivity index (χ0) is 12.9. The van der Waals surface area contributed by atoms with Gasteiger partial charge in [0.2, 0.25) is 0 Å². The van der Waals surface area contributed by atoms with E-state index in [4.69, 9.17) is 4.74 Å². The molecule has 0 aliphatic carbocycles. The van der Waals surface area contributed by atoms with Gasteiger partial charge >= 0.3 is 0 Å². The van der Waals surface area contributed by atoms with Gasteiger partial charge in [-0.1, -0.05) is 13.0 Å². The van der Waals surface area contributed by atoms with Crippen molar-refractivity contribution in [1.29, 1.82) is 0 Å². The lowest BCUT2D eigenvalue weighted by Crippen LogP contribution is -2.15. The van der Waals surface area contributed by atoms with Crippen LogP contribution in [-0.2, 0) is 11.2 Å². The van der Waals surface area contributed by atoms with E-state index in [0.717, 1.165) is 44.8 Å². The van der Waals surface area contributed by atoms with E-state index in [1.165, 1.54) is 19.3 Å². The predicted octanol–water partition coefficient (Wildman–Crippen LogP) is 2.81. The van der Waals surface area contributed by atoms with E-state index in [2.05, 4.69) is 17.2 Å². The summed E-state index contributed by atoms with van der Waals surface area (Å²) in [5.41, 5.74) is 1.11. The highest BCUT2D eigenvalue weighted by Gasteiger charge is 1.94. The first kappa shape index (κ1) is 15.1. The van der Waals surface area contributed by atoms with E-state index in [1.54, 1.807) is 0 Å². The first-order valence-electron chi connectivity index (χ1n) is 7.12. The molecule has 0 unspecified atom stereocenters. The normalized spacial score (nSPS) is 10.7. The zero-order valence-corrected chi connectivity index (χ0v) is 11.5. The van der Waals surface area contributed by atoms with E-state index in [-0.39, 0.29) is 0 Å². The Morgan fingerprint density at radius 3 is 2.83 bits per heavy atom. The van der Waals surface area contributed by atoms with Gasteiger partial charge in [0, 0.05) is 24.9 Å². The Hall–Kier alpha value is -0.930. The molecule has 0 spiro atoms. The van der Waals surface area contributed by atoms with Crippen molar-refractivity contribution in [3.8, 4) is 0 Å². The third-order valence-electron chi connectivity index (χ3n) is 2.80. The fraction of sp³-hybridized carbons (Fsp3) is 0.667. The second kappa shape index (κ2) is 11.2. The van der Waals surface area contributed by atoms with Crippen molar-refractivity contribution in [2.24, 2.45) is 0 Å². The van der Waals surface area contributed by atoms with E-state index in [0.29, 0.717) is 0 Å². The smallest absolute Gasteiger partial charge is 0.0521 e. The van der Waals surface area contributed by atoms with Crippen LogP contribution in [0.2, 0.25) is 0 Å². The van der Waals surface area contributed by atoms with Crippen LogP contribution in [0.15, 0.2) is 24.4 Å². The third kappa shape index (κ3) is 8.20. The summed E-state index contributed by atoms with van der Waals surface area (Å²) in [6.07, 6.45) is 7.63. The Bertz CT molecular complexity index is 277. The largest absolute Gasteiger partial charge is 0.381 e. The lowest BCUT2D eigenvalue weighted by atomic mass is 10.2. The molecule has 18 heavy (non-hydrogen) atoms. The van der Waals surface area contributed by atoms with E-state index in [9.17, 15) is 0 Å². The van der Waals surface area contributed by atoms with E-state index in [1.807, 2.05) is 24.4 Å². The molecular formula is C15H26N2O. The van der Waals surface area contributed by atoms with Gasteiger partial charge in [-0.05, 0) is 50.9 Å². The van der Waals surface area contributed by atoms with Crippen molar-refractivity contribution in [1.82, 2.24) is 10.3 Å². The molecule has 102 valence electrons. The van der Waals surface area contributed by atoms with Gasteiger partial charge in [0.1, 0.15) is 0 Å². The first-order valence-corrected chi connectivity index (χ1v) is 7.12. The second-order valence-electron chi connectivity index (χ2n) is 4.49. The Balaban J connectivity index is 1.82. The van der Waals surface area contributed by atoms with Gasteiger partial charge in [0.15, 0.2) is 0 Å². The first-order chi connectivity index (χ1) is 8.93. The second-order valence-corrected chi connectivity index (χ2v) is 4.49. The monoisotopic (exact) mass is 250 g/mol. The van der Waals surface area contributed by atoms with Gasteiger partial charge in [-0.15, -0.1) is 0 Å². The highest BCUT2D eigenvalue weighted by atomic mass is 16.5. The molecule has 0 amide bonds. The average molecular weight is 250 g/mol. The number of ether oxygens (including phenoxy) is 1. The molecule has 1 heterocycles. The molecular weight excluding hydrogens is 224 g/mol. The summed E-state index contributed by atoms with van der Waals surface area (Å²) in [7, 11) is 0. The Morgan fingerprint density at radius 2 is 2.06 bits per heavy atom. The number of nitrogens with zero attached hydrogens (tertiary/aromatic N) is 1. The van der Waals surface area contributed by atoms with Crippen LogP contribution in [0.3, 0.4) is 0 Å². The van der Waals surface area contributed by atoms with Crippen molar-refractivity contribution in [2.45, 2.75) is 39.0 Å². The standard InChI is InChI=1S/C15H26N2O/c1-2-10-16-11-5-3-7-13-18-14-9-15-8-4-6-12-17-15/h4,6,8,12,16H,2-3,5,7,9-11,13-14H2,1H3. The number of nitrogens with one attached hydrogen (secondary N) is 1. The average Bonchev–Trinajstić information content (AvgIpc) is 2.42. The molecule has 1 aromatic rings. The van der Waals surface area contributed by atoms with E-state index < -0.39 is 0 Å². The number of hydrogen-bond donors (Lipinski definition) is 1. The molecule has 0 aliphatic heterocycles. The molecule has 0 fully saturated rings. The SMILES string of the molecule is CCCNCCCCCOCCc1ccccn1. The fourth-order valence-corrected chi connectivity index (χ4v) is 1.76. The van der Waals surface area contributed by atoms with Crippen molar-refractivity contribution in [3.63, 3.8) is 0 Å². The van der Waals surface area contributed by atoms with Gasteiger partial charge < -0.3 is 10.1 Å². The van der Waals surface area contributed by atoms with Crippen LogP contribution in [-0.4, -0.2) is 31.3 Å². The van der Waals surface area contributed by atoms with E-state index >= 15 is 0 Å². The van der Waals surface area contributed by atoms with Gasteiger partial charge in [-0.2, -0.15) is 0 Å². The summed E-state index contributed by atoms with van der Waals surface area (Å²) >= 11 is 0. The molecule has 1 rings (SSSR count). The third-order valence-corrected chi connectivity index (χ3v) is 2.80. The molecule has 1 aromatic heterocycles. The van der Waals surface area contributed by atoms with Crippen LogP contribution < -0.4 is 5.32 Å². The van der Waals surface area contributed by atoms with Crippen LogP contribution in [0, 0.1) is 0 Å². The highest BCUT2D eigenvalue weighted by molar-refractivity contribution is 5.03. The molecule has 0 bridgehead atoms.